The maximum Gasteiger partial charge on any atom is 0.249 e. The highest BCUT2D eigenvalue weighted by Crippen LogP contribution is 2.39. The number of nitrogens with two attached hydrogens (primary N) is 1. The Morgan fingerprint density at radius 1 is 0.970 bits per heavy atom. The molecular weight excluding hydrogens is 465 g/mol. The Kier molecular flexibility index (Phi) is 5.31. The summed E-state index contributed by atoms with van der Waals surface area (Å²) < 4.78 is 30.3. The van der Waals surface area contributed by atoms with Gasteiger partial charge in [-0.2, -0.15) is 0 Å². The Morgan fingerprint density at radius 2 is 1.67 bits per heavy atom. The number of aromatic nitrogens is 1. The number of hydrogen-bond acceptors (Lipinski definition) is 1. The van der Waals surface area contributed by atoms with Crippen molar-refractivity contribution in [3.8, 4) is 11.1 Å². The van der Waals surface area contributed by atoms with Gasteiger partial charge in [0.1, 0.15) is 0 Å². The van der Waals surface area contributed by atoms with Crippen LogP contribution in [0.15, 0.2) is 66.7 Å². The molecule has 33 heavy (non-hydrogen) atoms. The molecule has 5 aromatic rings. The van der Waals surface area contributed by atoms with Crippen LogP contribution in [0.3, 0.4) is 0 Å². The van der Waals surface area contributed by atoms with Crippen LogP contribution in [-0.2, 0) is 6.54 Å². The van der Waals surface area contributed by atoms with Crippen molar-refractivity contribution >= 4 is 50.9 Å². The first kappa shape index (κ1) is 21.4. The van der Waals surface area contributed by atoms with Crippen molar-refractivity contribution in [3.05, 3.63) is 106 Å². The molecule has 1 amide bonds. The van der Waals surface area contributed by atoms with Crippen LogP contribution < -0.4 is 5.73 Å². The molecule has 0 bridgehead atoms. The number of primary amides is 1. The third kappa shape index (κ3) is 3.54. The van der Waals surface area contributed by atoms with Crippen molar-refractivity contribution in [2.45, 2.75) is 6.54 Å². The second-order valence-corrected chi connectivity index (χ2v) is 8.42. The predicted molar refractivity (Wildman–Crippen MR) is 128 cm³/mol. The van der Waals surface area contributed by atoms with Gasteiger partial charge in [0.25, 0.3) is 0 Å². The van der Waals surface area contributed by atoms with Crippen LogP contribution in [-0.4, -0.2) is 10.5 Å². The highest BCUT2D eigenvalue weighted by molar-refractivity contribution is 6.39. The van der Waals surface area contributed by atoms with Gasteiger partial charge in [0, 0.05) is 37.5 Å². The average Bonchev–Trinajstić information content (AvgIpc) is 3.10. The summed E-state index contributed by atoms with van der Waals surface area (Å²) in [6, 6.07) is 21.2. The monoisotopic (exact) mass is 479 g/mol. The average molecular weight is 480 g/mol. The summed E-state index contributed by atoms with van der Waals surface area (Å²) in [6.45, 7) is 0.0271. The molecule has 1 aromatic heterocycles. The zero-order valence-electron chi connectivity index (χ0n) is 17.0. The highest BCUT2D eigenvalue weighted by atomic mass is 35.5. The zero-order chi connectivity index (χ0) is 23.3. The van der Waals surface area contributed by atoms with Crippen LogP contribution in [0.25, 0.3) is 32.9 Å². The van der Waals surface area contributed by atoms with Gasteiger partial charge in [-0.25, -0.2) is 8.78 Å². The first-order chi connectivity index (χ1) is 15.9. The molecule has 0 unspecified atom stereocenters. The molecular formula is C26H15Cl2F2N2O. The van der Waals surface area contributed by atoms with Crippen molar-refractivity contribution in [1.29, 1.82) is 0 Å². The van der Waals surface area contributed by atoms with Crippen LogP contribution in [0.4, 0.5) is 8.78 Å². The molecule has 2 N–H and O–H groups in total. The minimum Gasteiger partial charge on any atom is -0.366 e. The molecule has 1 heterocycles. The van der Waals surface area contributed by atoms with Crippen LogP contribution in [0.5, 0.6) is 0 Å². The first-order valence-corrected chi connectivity index (χ1v) is 10.8. The summed E-state index contributed by atoms with van der Waals surface area (Å²) >= 11 is 12.8. The molecule has 0 aliphatic rings. The minimum atomic E-state index is -0.929. The highest BCUT2D eigenvalue weighted by Gasteiger charge is 2.20. The molecule has 0 aliphatic carbocycles. The molecule has 5 rings (SSSR count). The predicted octanol–water partition coefficient (Wildman–Crippen LogP) is 6.99. The van der Waals surface area contributed by atoms with Crippen molar-refractivity contribution in [1.82, 2.24) is 4.57 Å². The van der Waals surface area contributed by atoms with Gasteiger partial charge in [0.2, 0.25) is 5.91 Å². The zero-order valence-corrected chi connectivity index (χ0v) is 18.5. The number of carbonyl (C=O) groups is 1. The van der Waals surface area contributed by atoms with E-state index >= 15 is 0 Å². The molecule has 0 saturated heterocycles. The van der Waals surface area contributed by atoms with E-state index in [0.717, 1.165) is 6.07 Å². The van der Waals surface area contributed by atoms with E-state index in [2.05, 4.69) is 6.07 Å². The van der Waals surface area contributed by atoms with Crippen molar-refractivity contribution in [2.24, 2.45) is 5.73 Å². The quantitative estimate of drug-likeness (QED) is 0.296. The molecule has 163 valence electrons. The van der Waals surface area contributed by atoms with Crippen molar-refractivity contribution in [3.63, 3.8) is 0 Å². The molecule has 3 nitrogen and oxygen atoms in total. The fourth-order valence-electron chi connectivity index (χ4n) is 4.19. The van der Waals surface area contributed by atoms with E-state index < -0.39 is 17.5 Å². The Labute approximate surface area is 197 Å². The van der Waals surface area contributed by atoms with Crippen LogP contribution >= 0.6 is 23.2 Å². The topological polar surface area (TPSA) is 48.0 Å². The number of fused-ring (bicyclic) bond motifs is 3. The fourth-order valence-corrected chi connectivity index (χ4v) is 4.81. The standard InChI is InChI=1S/C26H15Cl2F2N2O/c27-18-6-3-7-19(28)23(18)14-10-11-16-22(12-14)32(13-15-4-1-8-20(29)25(15)30)21-9-2-5-17(24(16)21)26(31)33/h1-10,12H,13H2,(H2,31,33). The molecule has 4 aromatic carbocycles. The SMILES string of the molecule is NC(=O)c1cccc2c1c1[c]cc(-c3c(Cl)cccc3Cl)cc1n2Cc1cccc(F)c1F. The Balaban J connectivity index is 1.85. The first-order valence-electron chi connectivity index (χ1n) is 10.0. The lowest BCUT2D eigenvalue weighted by Gasteiger charge is -2.11. The summed E-state index contributed by atoms with van der Waals surface area (Å²) in [5.74, 6) is -2.45. The summed E-state index contributed by atoms with van der Waals surface area (Å²) in [5.41, 5.74) is 8.73. The smallest absolute Gasteiger partial charge is 0.249 e. The van der Waals surface area contributed by atoms with E-state index in [4.69, 9.17) is 28.9 Å². The van der Waals surface area contributed by atoms with E-state index in [9.17, 15) is 13.6 Å². The van der Waals surface area contributed by atoms with E-state index in [1.165, 1.54) is 12.1 Å². The van der Waals surface area contributed by atoms with Crippen LogP contribution in [0.2, 0.25) is 10.0 Å². The number of hydrogen-bond donors (Lipinski definition) is 1. The van der Waals surface area contributed by atoms with Crippen molar-refractivity contribution in [2.75, 3.05) is 0 Å². The number of benzene rings is 4. The minimum absolute atomic E-state index is 0.0271. The summed E-state index contributed by atoms with van der Waals surface area (Å²) in [4.78, 5) is 12.2. The van der Waals surface area contributed by atoms with Gasteiger partial charge >= 0.3 is 0 Å². The third-order valence-corrected chi connectivity index (χ3v) is 6.30. The number of nitrogens with zero attached hydrogens (tertiary/aromatic N) is 1. The maximum atomic E-state index is 14.5. The second-order valence-electron chi connectivity index (χ2n) is 7.61. The molecule has 0 saturated carbocycles. The summed E-state index contributed by atoms with van der Waals surface area (Å²) in [7, 11) is 0. The van der Waals surface area contributed by atoms with Crippen LogP contribution in [0, 0.1) is 17.7 Å². The van der Waals surface area contributed by atoms with Gasteiger partial charge in [-0.05, 0) is 54.1 Å². The lowest BCUT2D eigenvalue weighted by Crippen LogP contribution is -2.11. The molecule has 0 aliphatic heterocycles. The second kappa shape index (κ2) is 8.18. The summed E-state index contributed by atoms with van der Waals surface area (Å²) in [5, 5.41) is 2.15. The van der Waals surface area contributed by atoms with Gasteiger partial charge in [-0.15, -0.1) is 0 Å². The van der Waals surface area contributed by atoms with Gasteiger partial charge < -0.3 is 10.3 Å². The number of rotatable bonds is 4. The molecule has 1 radical (unpaired) electrons. The van der Waals surface area contributed by atoms with E-state index in [1.807, 2.05) is 6.07 Å². The number of amides is 1. The molecule has 0 atom stereocenters. The van der Waals surface area contributed by atoms with Gasteiger partial charge in [-0.1, -0.05) is 47.5 Å². The van der Waals surface area contributed by atoms with Gasteiger partial charge in [0.05, 0.1) is 17.6 Å². The van der Waals surface area contributed by atoms with E-state index in [1.54, 1.807) is 47.0 Å². The number of carbonyl (C=O) groups excluding carboxylic acids is 1. The molecule has 0 fully saturated rings. The van der Waals surface area contributed by atoms with E-state index in [-0.39, 0.29) is 12.1 Å². The Bertz CT molecular complexity index is 1560. The molecule has 0 spiro atoms. The lowest BCUT2D eigenvalue weighted by molar-refractivity contribution is 0.100. The molecule has 7 heteroatoms. The summed E-state index contributed by atoms with van der Waals surface area (Å²) in [6.07, 6.45) is 0. The number of halogens is 4. The third-order valence-electron chi connectivity index (χ3n) is 5.67. The fraction of sp³-hybridized carbons (Fsp3) is 0.0385. The van der Waals surface area contributed by atoms with Crippen molar-refractivity contribution < 1.29 is 13.6 Å². The van der Waals surface area contributed by atoms with Gasteiger partial charge in [-0.3, -0.25) is 4.79 Å². The Hall–Kier alpha value is -3.41. The Morgan fingerprint density at radius 3 is 2.39 bits per heavy atom. The van der Waals surface area contributed by atoms with Gasteiger partial charge in [0.15, 0.2) is 11.6 Å². The van der Waals surface area contributed by atoms with E-state index in [0.29, 0.717) is 48.5 Å². The lowest BCUT2D eigenvalue weighted by atomic mass is 10.0. The maximum absolute atomic E-state index is 14.5. The van der Waals surface area contributed by atoms with Crippen LogP contribution in [0.1, 0.15) is 15.9 Å². The largest absolute Gasteiger partial charge is 0.366 e. The normalized spacial score (nSPS) is 11.4.